The number of hydrogen-bond donors (Lipinski definition) is 1. The average Bonchev–Trinajstić information content (AvgIpc) is 3.27. The molecule has 0 fully saturated rings. The number of amides is 1. The first kappa shape index (κ1) is 20.5. The zero-order valence-electron chi connectivity index (χ0n) is 18.4. The highest BCUT2D eigenvalue weighted by Crippen LogP contribution is 2.25. The third-order valence-corrected chi connectivity index (χ3v) is 5.40. The van der Waals surface area contributed by atoms with Crippen LogP contribution < -0.4 is 5.32 Å². The molecule has 4 aromatic rings. The molecule has 1 N–H and O–H groups in total. The molecule has 0 unspecified atom stereocenters. The Morgan fingerprint density at radius 1 is 1.03 bits per heavy atom. The van der Waals surface area contributed by atoms with Crippen LogP contribution in [0.3, 0.4) is 0 Å². The van der Waals surface area contributed by atoms with Crippen molar-refractivity contribution < 1.29 is 9.21 Å². The summed E-state index contributed by atoms with van der Waals surface area (Å²) >= 11 is 0. The SMILES string of the molecule is Cc1ccc(NC(=O)c2nnn(Cc3nc(-c4ccccc4C)oc3C)c2C)c(C)c1. The number of nitrogens with one attached hydrogen (secondary N) is 1. The fourth-order valence-electron chi connectivity index (χ4n) is 3.50. The number of rotatable bonds is 5. The fourth-order valence-corrected chi connectivity index (χ4v) is 3.50. The molecule has 31 heavy (non-hydrogen) atoms. The summed E-state index contributed by atoms with van der Waals surface area (Å²) in [5.74, 6) is 1.01. The second-order valence-corrected chi connectivity index (χ2v) is 7.79. The highest BCUT2D eigenvalue weighted by atomic mass is 16.4. The van der Waals surface area contributed by atoms with E-state index in [4.69, 9.17) is 4.42 Å². The van der Waals surface area contributed by atoms with Gasteiger partial charge < -0.3 is 9.73 Å². The number of nitrogens with zero attached hydrogens (tertiary/aromatic N) is 4. The number of anilines is 1. The zero-order valence-corrected chi connectivity index (χ0v) is 18.4. The van der Waals surface area contributed by atoms with Crippen LogP contribution in [0.4, 0.5) is 5.69 Å². The van der Waals surface area contributed by atoms with E-state index in [1.165, 1.54) is 0 Å². The molecule has 7 nitrogen and oxygen atoms in total. The molecule has 0 saturated heterocycles. The minimum absolute atomic E-state index is 0.284. The van der Waals surface area contributed by atoms with Crippen LogP contribution in [-0.4, -0.2) is 25.9 Å². The summed E-state index contributed by atoms with van der Waals surface area (Å²) in [6.07, 6.45) is 0. The van der Waals surface area contributed by atoms with E-state index >= 15 is 0 Å². The van der Waals surface area contributed by atoms with Gasteiger partial charge in [-0.05, 0) is 57.9 Å². The smallest absolute Gasteiger partial charge is 0.278 e. The minimum Gasteiger partial charge on any atom is -0.441 e. The summed E-state index contributed by atoms with van der Waals surface area (Å²) < 4.78 is 7.57. The Hall–Kier alpha value is -3.74. The molecule has 1 amide bonds. The molecular formula is C24H25N5O2. The molecule has 0 bridgehead atoms. The van der Waals surface area contributed by atoms with Crippen LogP contribution in [0.5, 0.6) is 0 Å². The number of carbonyl (C=O) groups excluding carboxylic acids is 1. The van der Waals surface area contributed by atoms with Crippen molar-refractivity contribution in [3.63, 3.8) is 0 Å². The van der Waals surface area contributed by atoms with Crippen LogP contribution in [0.25, 0.3) is 11.5 Å². The summed E-state index contributed by atoms with van der Waals surface area (Å²) in [5.41, 5.74) is 6.68. The van der Waals surface area contributed by atoms with Gasteiger partial charge in [0.1, 0.15) is 11.5 Å². The first-order valence-electron chi connectivity index (χ1n) is 10.1. The molecule has 4 rings (SSSR count). The highest BCUT2D eigenvalue weighted by molar-refractivity contribution is 6.03. The number of hydrogen-bond acceptors (Lipinski definition) is 5. The monoisotopic (exact) mass is 415 g/mol. The van der Waals surface area contributed by atoms with Gasteiger partial charge in [-0.25, -0.2) is 9.67 Å². The molecule has 2 aromatic heterocycles. The van der Waals surface area contributed by atoms with Crippen LogP contribution in [0.15, 0.2) is 46.9 Å². The number of carbonyl (C=O) groups is 1. The van der Waals surface area contributed by atoms with Gasteiger partial charge in [-0.1, -0.05) is 41.1 Å². The number of aryl methyl sites for hydroxylation is 4. The van der Waals surface area contributed by atoms with Crippen molar-refractivity contribution in [2.75, 3.05) is 5.32 Å². The molecule has 7 heteroatoms. The maximum Gasteiger partial charge on any atom is 0.278 e. The summed E-state index contributed by atoms with van der Waals surface area (Å²) in [7, 11) is 0. The maximum absolute atomic E-state index is 12.8. The lowest BCUT2D eigenvalue weighted by molar-refractivity contribution is 0.102. The predicted octanol–water partition coefficient (Wildman–Crippen LogP) is 4.78. The van der Waals surface area contributed by atoms with E-state index in [0.29, 0.717) is 23.8 Å². The summed E-state index contributed by atoms with van der Waals surface area (Å²) in [4.78, 5) is 17.4. The van der Waals surface area contributed by atoms with E-state index < -0.39 is 0 Å². The Morgan fingerprint density at radius 3 is 2.55 bits per heavy atom. The topological polar surface area (TPSA) is 85.8 Å². The van der Waals surface area contributed by atoms with Crippen LogP contribution in [-0.2, 0) is 6.54 Å². The lowest BCUT2D eigenvalue weighted by Crippen LogP contribution is -2.15. The largest absolute Gasteiger partial charge is 0.441 e. The van der Waals surface area contributed by atoms with E-state index in [-0.39, 0.29) is 5.91 Å². The fraction of sp³-hybridized carbons (Fsp3) is 0.250. The highest BCUT2D eigenvalue weighted by Gasteiger charge is 2.20. The van der Waals surface area contributed by atoms with Gasteiger partial charge in [-0.3, -0.25) is 4.79 Å². The molecule has 2 heterocycles. The Bertz CT molecular complexity index is 1270. The van der Waals surface area contributed by atoms with Crippen LogP contribution in [0, 0.1) is 34.6 Å². The van der Waals surface area contributed by atoms with Gasteiger partial charge in [0.25, 0.3) is 5.91 Å². The molecule has 0 radical (unpaired) electrons. The van der Waals surface area contributed by atoms with Crippen LogP contribution in [0.2, 0.25) is 0 Å². The van der Waals surface area contributed by atoms with Crippen molar-refractivity contribution in [2.45, 2.75) is 41.2 Å². The quantitative estimate of drug-likeness (QED) is 0.507. The summed E-state index contributed by atoms with van der Waals surface area (Å²) in [5, 5.41) is 11.2. The third kappa shape index (κ3) is 4.12. The average molecular weight is 415 g/mol. The zero-order chi connectivity index (χ0) is 22.1. The van der Waals surface area contributed by atoms with Crippen LogP contribution in [0.1, 0.15) is 44.3 Å². The second-order valence-electron chi connectivity index (χ2n) is 7.79. The predicted molar refractivity (Wildman–Crippen MR) is 119 cm³/mol. The number of benzene rings is 2. The molecule has 0 aliphatic heterocycles. The van der Waals surface area contributed by atoms with Gasteiger partial charge in [0, 0.05) is 11.3 Å². The number of aromatic nitrogens is 4. The lowest BCUT2D eigenvalue weighted by Gasteiger charge is -2.08. The Morgan fingerprint density at radius 2 is 1.81 bits per heavy atom. The third-order valence-electron chi connectivity index (χ3n) is 5.40. The van der Waals surface area contributed by atoms with Gasteiger partial charge in [0.2, 0.25) is 5.89 Å². The van der Waals surface area contributed by atoms with Gasteiger partial charge >= 0.3 is 0 Å². The van der Waals surface area contributed by atoms with Crippen molar-refractivity contribution >= 4 is 11.6 Å². The second kappa shape index (κ2) is 8.18. The molecule has 0 spiro atoms. The Labute approximate surface area is 181 Å². The first-order chi connectivity index (χ1) is 14.8. The van der Waals surface area contributed by atoms with Crippen molar-refractivity contribution in [2.24, 2.45) is 0 Å². The van der Waals surface area contributed by atoms with Gasteiger partial charge in [-0.2, -0.15) is 0 Å². The minimum atomic E-state index is -0.284. The Kier molecular flexibility index (Phi) is 5.42. The Balaban J connectivity index is 1.55. The molecule has 2 aromatic carbocycles. The molecule has 0 aliphatic carbocycles. The maximum atomic E-state index is 12.8. The van der Waals surface area contributed by atoms with E-state index in [1.807, 2.05) is 77.1 Å². The molecular weight excluding hydrogens is 390 g/mol. The van der Waals surface area contributed by atoms with Gasteiger partial charge in [0.15, 0.2) is 5.69 Å². The first-order valence-corrected chi connectivity index (χ1v) is 10.1. The van der Waals surface area contributed by atoms with Crippen molar-refractivity contribution in [3.05, 3.63) is 82.0 Å². The van der Waals surface area contributed by atoms with Crippen molar-refractivity contribution in [3.8, 4) is 11.5 Å². The standard InChI is InChI=1S/C24H25N5O2/c1-14-10-11-20(16(3)12-14)25-23(30)22-17(4)29(28-27-22)13-21-18(5)31-24(26-21)19-9-7-6-8-15(19)2/h6-12H,13H2,1-5H3,(H,25,30). The van der Waals surface area contributed by atoms with Crippen molar-refractivity contribution in [1.82, 2.24) is 20.0 Å². The van der Waals surface area contributed by atoms with Crippen molar-refractivity contribution in [1.29, 1.82) is 0 Å². The normalized spacial score (nSPS) is 11.0. The lowest BCUT2D eigenvalue weighted by atomic mass is 10.1. The summed E-state index contributed by atoms with van der Waals surface area (Å²) in [6, 6.07) is 13.8. The number of oxazole rings is 1. The van der Waals surface area contributed by atoms with E-state index in [0.717, 1.165) is 39.4 Å². The summed E-state index contributed by atoms with van der Waals surface area (Å²) in [6.45, 7) is 10.1. The molecule has 0 saturated carbocycles. The van der Waals surface area contributed by atoms with Gasteiger partial charge in [-0.15, -0.1) is 5.10 Å². The van der Waals surface area contributed by atoms with E-state index in [2.05, 4.69) is 20.6 Å². The molecule has 158 valence electrons. The van der Waals surface area contributed by atoms with E-state index in [9.17, 15) is 4.79 Å². The van der Waals surface area contributed by atoms with Crippen LogP contribution >= 0.6 is 0 Å². The van der Waals surface area contributed by atoms with E-state index in [1.54, 1.807) is 4.68 Å². The van der Waals surface area contributed by atoms with Gasteiger partial charge in [0.05, 0.1) is 12.2 Å². The molecule has 0 atom stereocenters. The molecule has 0 aliphatic rings.